The summed E-state index contributed by atoms with van der Waals surface area (Å²) in [5.41, 5.74) is 1.81. The lowest BCUT2D eigenvalue weighted by Crippen LogP contribution is -2.14. The van der Waals surface area contributed by atoms with E-state index in [1.807, 2.05) is 18.2 Å². The molecule has 1 aromatic carbocycles. The number of nitrogens with zero attached hydrogens (tertiary/aromatic N) is 2. The van der Waals surface area contributed by atoms with Gasteiger partial charge in [-0.15, -0.1) is 0 Å². The molecule has 1 fully saturated rings. The minimum atomic E-state index is 0.275. The van der Waals surface area contributed by atoms with Crippen molar-refractivity contribution in [3.8, 4) is 0 Å². The SMILES string of the molecule is CC(C)Nc1nc(Nc2cccc(Cl)c2Cl)cc(C2CC2)n1. The quantitative estimate of drug-likeness (QED) is 0.785. The van der Waals surface area contributed by atoms with Gasteiger partial charge in [-0.05, 0) is 38.8 Å². The van der Waals surface area contributed by atoms with Crippen molar-refractivity contribution in [1.29, 1.82) is 0 Å². The molecule has 4 nitrogen and oxygen atoms in total. The highest BCUT2D eigenvalue weighted by atomic mass is 35.5. The van der Waals surface area contributed by atoms with Gasteiger partial charge in [0.15, 0.2) is 0 Å². The Morgan fingerprint density at radius 3 is 2.64 bits per heavy atom. The number of nitrogens with one attached hydrogen (secondary N) is 2. The van der Waals surface area contributed by atoms with Crippen LogP contribution in [0.5, 0.6) is 0 Å². The lowest BCUT2D eigenvalue weighted by molar-refractivity contribution is 0.864. The molecule has 0 radical (unpaired) electrons. The Labute approximate surface area is 140 Å². The molecule has 0 aliphatic heterocycles. The normalized spacial score (nSPS) is 14.2. The third-order valence-corrected chi connectivity index (χ3v) is 4.19. The van der Waals surface area contributed by atoms with Gasteiger partial charge in [0.2, 0.25) is 5.95 Å². The molecule has 1 aromatic heterocycles. The summed E-state index contributed by atoms with van der Waals surface area (Å²) in [6.45, 7) is 4.13. The first-order valence-corrected chi connectivity index (χ1v) is 8.15. The molecule has 116 valence electrons. The fraction of sp³-hybridized carbons (Fsp3) is 0.375. The van der Waals surface area contributed by atoms with E-state index < -0.39 is 0 Å². The van der Waals surface area contributed by atoms with Crippen LogP contribution in [0.3, 0.4) is 0 Å². The van der Waals surface area contributed by atoms with Gasteiger partial charge in [0.1, 0.15) is 5.82 Å². The van der Waals surface area contributed by atoms with Crippen LogP contribution >= 0.6 is 23.2 Å². The molecule has 3 rings (SSSR count). The van der Waals surface area contributed by atoms with Crippen LogP contribution in [0.4, 0.5) is 17.5 Å². The number of hydrogen-bond acceptors (Lipinski definition) is 4. The lowest BCUT2D eigenvalue weighted by Gasteiger charge is -2.13. The Morgan fingerprint density at radius 1 is 1.18 bits per heavy atom. The summed E-state index contributed by atoms with van der Waals surface area (Å²) in [6, 6.07) is 7.75. The second-order valence-electron chi connectivity index (χ2n) is 5.80. The van der Waals surface area contributed by atoms with E-state index in [0.29, 0.717) is 21.9 Å². The number of anilines is 3. The summed E-state index contributed by atoms with van der Waals surface area (Å²) in [7, 11) is 0. The molecular formula is C16H18Cl2N4. The van der Waals surface area contributed by atoms with Gasteiger partial charge in [-0.2, -0.15) is 4.98 Å². The molecule has 1 aliphatic carbocycles. The maximum atomic E-state index is 6.23. The number of rotatable bonds is 5. The Bertz CT molecular complexity index is 684. The summed E-state index contributed by atoms with van der Waals surface area (Å²) in [5, 5.41) is 7.51. The highest BCUT2D eigenvalue weighted by Gasteiger charge is 2.26. The number of halogens is 2. The Balaban J connectivity index is 1.91. The number of hydrogen-bond donors (Lipinski definition) is 2. The molecule has 0 spiro atoms. The summed E-state index contributed by atoms with van der Waals surface area (Å²) in [5.74, 6) is 1.91. The zero-order valence-electron chi connectivity index (χ0n) is 12.5. The standard InChI is InChI=1S/C16H18Cl2N4/c1-9(2)19-16-21-13(10-6-7-10)8-14(22-16)20-12-5-3-4-11(17)15(12)18/h3-5,8-10H,6-7H2,1-2H3,(H2,19,20,21,22). The molecule has 1 aliphatic rings. The van der Waals surface area contributed by atoms with Gasteiger partial charge < -0.3 is 10.6 Å². The first kappa shape index (κ1) is 15.4. The molecule has 1 saturated carbocycles. The van der Waals surface area contributed by atoms with Crippen LogP contribution in [-0.4, -0.2) is 16.0 Å². The summed E-state index contributed by atoms with van der Waals surface area (Å²) in [4.78, 5) is 9.11. The van der Waals surface area contributed by atoms with Crippen LogP contribution in [0, 0.1) is 0 Å². The van der Waals surface area contributed by atoms with Gasteiger partial charge >= 0.3 is 0 Å². The Kier molecular flexibility index (Phi) is 4.41. The average molecular weight is 337 g/mol. The highest BCUT2D eigenvalue weighted by Crippen LogP contribution is 2.40. The van der Waals surface area contributed by atoms with E-state index in [2.05, 4.69) is 34.4 Å². The van der Waals surface area contributed by atoms with Crippen LogP contribution in [0.1, 0.15) is 38.3 Å². The highest BCUT2D eigenvalue weighted by molar-refractivity contribution is 6.43. The van der Waals surface area contributed by atoms with E-state index in [-0.39, 0.29) is 6.04 Å². The zero-order chi connectivity index (χ0) is 15.7. The van der Waals surface area contributed by atoms with Gasteiger partial charge in [-0.1, -0.05) is 29.3 Å². The number of aromatic nitrogens is 2. The third kappa shape index (κ3) is 3.62. The van der Waals surface area contributed by atoms with Crippen LogP contribution in [0.2, 0.25) is 10.0 Å². The van der Waals surface area contributed by atoms with E-state index in [4.69, 9.17) is 23.2 Å². The van der Waals surface area contributed by atoms with Crippen LogP contribution in [0.15, 0.2) is 24.3 Å². The van der Waals surface area contributed by atoms with Crippen molar-refractivity contribution in [1.82, 2.24) is 9.97 Å². The van der Waals surface area contributed by atoms with Crippen LogP contribution in [0.25, 0.3) is 0 Å². The average Bonchev–Trinajstić information content (AvgIpc) is 3.27. The van der Waals surface area contributed by atoms with E-state index in [9.17, 15) is 0 Å². The first-order valence-electron chi connectivity index (χ1n) is 7.39. The van der Waals surface area contributed by atoms with E-state index >= 15 is 0 Å². The Morgan fingerprint density at radius 2 is 1.95 bits per heavy atom. The van der Waals surface area contributed by atoms with Gasteiger partial charge in [0, 0.05) is 18.0 Å². The summed E-state index contributed by atoms with van der Waals surface area (Å²) < 4.78 is 0. The van der Waals surface area contributed by atoms with Crippen LogP contribution in [-0.2, 0) is 0 Å². The molecule has 0 unspecified atom stereocenters. The van der Waals surface area contributed by atoms with Crippen molar-refractivity contribution >= 4 is 40.7 Å². The van der Waals surface area contributed by atoms with E-state index in [0.717, 1.165) is 17.2 Å². The molecular weight excluding hydrogens is 319 g/mol. The van der Waals surface area contributed by atoms with Crippen molar-refractivity contribution in [2.24, 2.45) is 0 Å². The van der Waals surface area contributed by atoms with Gasteiger partial charge in [0.05, 0.1) is 21.4 Å². The minimum Gasteiger partial charge on any atom is -0.352 e. The van der Waals surface area contributed by atoms with Crippen molar-refractivity contribution < 1.29 is 0 Å². The fourth-order valence-electron chi connectivity index (χ4n) is 2.18. The molecule has 6 heteroatoms. The summed E-state index contributed by atoms with van der Waals surface area (Å²) in [6.07, 6.45) is 2.38. The largest absolute Gasteiger partial charge is 0.352 e. The molecule has 1 heterocycles. The maximum Gasteiger partial charge on any atom is 0.225 e. The van der Waals surface area contributed by atoms with Crippen molar-refractivity contribution in [2.45, 2.75) is 38.6 Å². The fourth-order valence-corrected chi connectivity index (χ4v) is 2.53. The molecule has 2 N–H and O–H groups in total. The molecule has 2 aromatic rings. The van der Waals surface area contributed by atoms with E-state index in [1.54, 1.807) is 6.07 Å². The summed E-state index contributed by atoms with van der Waals surface area (Å²) >= 11 is 12.3. The zero-order valence-corrected chi connectivity index (χ0v) is 14.0. The second kappa shape index (κ2) is 6.31. The van der Waals surface area contributed by atoms with Gasteiger partial charge in [-0.25, -0.2) is 4.98 Å². The molecule has 22 heavy (non-hydrogen) atoms. The van der Waals surface area contributed by atoms with Crippen molar-refractivity contribution in [2.75, 3.05) is 10.6 Å². The first-order chi connectivity index (χ1) is 10.5. The van der Waals surface area contributed by atoms with Crippen molar-refractivity contribution in [3.63, 3.8) is 0 Å². The van der Waals surface area contributed by atoms with Gasteiger partial charge in [-0.3, -0.25) is 0 Å². The maximum absolute atomic E-state index is 6.23. The Hall–Kier alpha value is -1.52. The van der Waals surface area contributed by atoms with Crippen molar-refractivity contribution in [3.05, 3.63) is 40.0 Å². The van der Waals surface area contributed by atoms with Gasteiger partial charge in [0.25, 0.3) is 0 Å². The predicted molar refractivity (Wildman–Crippen MR) is 92.5 cm³/mol. The molecule has 0 amide bonds. The smallest absolute Gasteiger partial charge is 0.225 e. The monoisotopic (exact) mass is 336 g/mol. The van der Waals surface area contributed by atoms with Crippen LogP contribution < -0.4 is 10.6 Å². The predicted octanol–water partition coefficient (Wildman–Crippen LogP) is 5.22. The van der Waals surface area contributed by atoms with E-state index in [1.165, 1.54) is 12.8 Å². The molecule has 0 atom stereocenters. The molecule has 0 bridgehead atoms. The number of benzene rings is 1. The second-order valence-corrected chi connectivity index (χ2v) is 6.59. The molecule has 0 saturated heterocycles. The third-order valence-electron chi connectivity index (χ3n) is 3.37. The minimum absolute atomic E-state index is 0.275. The lowest BCUT2D eigenvalue weighted by atomic mass is 10.2. The topological polar surface area (TPSA) is 49.8 Å².